The summed E-state index contributed by atoms with van der Waals surface area (Å²) in [4.78, 5) is 15.7. The Morgan fingerprint density at radius 3 is 2.42 bits per heavy atom. The van der Waals surface area contributed by atoms with Crippen molar-refractivity contribution in [3.63, 3.8) is 0 Å². The Morgan fingerprint density at radius 1 is 1.15 bits per heavy atom. The van der Waals surface area contributed by atoms with E-state index in [0.717, 1.165) is 31.6 Å². The number of benzene rings is 2. The molecule has 0 aliphatic carbocycles. The van der Waals surface area contributed by atoms with Gasteiger partial charge in [0, 0.05) is 36.9 Å². The third-order valence-electron chi connectivity index (χ3n) is 6.09. The maximum absolute atomic E-state index is 13.5. The van der Waals surface area contributed by atoms with Gasteiger partial charge in [0.2, 0.25) is 10.0 Å². The number of piperidine rings is 1. The van der Waals surface area contributed by atoms with Crippen molar-refractivity contribution < 1.29 is 17.9 Å². The number of carbonyl (C=O) groups excluding carboxylic acids is 1. The van der Waals surface area contributed by atoms with Crippen molar-refractivity contribution in [3.8, 4) is 5.75 Å². The average molecular weight is 494 g/mol. The van der Waals surface area contributed by atoms with Crippen molar-refractivity contribution in [1.29, 1.82) is 0 Å². The van der Waals surface area contributed by atoms with Gasteiger partial charge >= 0.3 is 0 Å². The molecule has 0 aromatic heterocycles. The van der Waals surface area contributed by atoms with Crippen LogP contribution in [-0.4, -0.2) is 51.9 Å². The van der Waals surface area contributed by atoms with Gasteiger partial charge in [0.15, 0.2) is 0 Å². The van der Waals surface area contributed by atoms with Crippen LogP contribution in [-0.2, 0) is 10.0 Å². The highest BCUT2D eigenvalue weighted by Crippen LogP contribution is 2.32. The Bertz CT molecular complexity index is 1090. The van der Waals surface area contributed by atoms with E-state index in [-0.39, 0.29) is 4.90 Å². The summed E-state index contributed by atoms with van der Waals surface area (Å²) in [5.41, 5.74) is 1.45. The molecule has 2 aromatic rings. The van der Waals surface area contributed by atoms with E-state index < -0.39 is 15.9 Å². The van der Waals surface area contributed by atoms with Crippen molar-refractivity contribution in [2.75, 3.05) is 43.5 Å². The van der Waals surface area contributed by atoms with E-state index in [1.165, 1.54) is 17.5 Å². The van der Waals surface area contributed by atoms with E-state index in [2.05, 4.69) is 17.1 Å². The zero-order valence-corrected chi connectivity index (χ0v) is 21.2. The molecule has 1 aliphatic rings. The fourth-order valence-corrected chi connectivity index (χ4v) is 5.72. The topological polar surface area (TPSA) is 79.0 Å². The van der Waals surface area contributed by atoms with Crippen molar-refractivity contribution >= 4 is 38.9 Å². The highest BCUT2D eigenvalue weighted by molar-refractivity contribution is 7.89. The van der Waals surface area contributed by atoms with Crippen molar-refractivity contribution in [2.24, 2.45) is 5.92 Å². The molecule has 0 atom stereocenters. The molecule has 33 heavy (non-hydrogen) atoms. The van der Waals surface area contributed by atoms with Crippen LogP contribution >= 0.6 is 11.6 Å². The molecule has 2 aromatic carbocycles. The standard InChI is InChI=1S/C24H32ClN3O4S/c1-5-28(6-2)33(30,31)19-8-9-22(27-13-11-17(3)12-14-27)20(16-19)24(29)26-21-15-18(25)7-10-23(21)32-4/h7-10,15-17H,5-6,11-14H2,1-4H3,(H,26,29). The smallest absolute Gasteiger partial charge is 0.257 e. The quantitative estimate of drug-likeness (QED) is 0.567. The Kier molecular flexibility index (Phi) is 8.26. The molecule has 1 saturated heterocycles. The second-order valence-corrected chi connectivity index (χ2v) is 10.6. The summed E-state index contributed by atoms with van der Waals surface area (Å²) in [6.07, 6.45) is 2.03. The van der Waals surface area contributed by atoms with Crippen LogP contribution < -0.4 is 15.0 Å². The number of methoxy groups -OCH3 is 1. The molecule has 9 heteroatoms. The predicted molar refractivity (Wildman–Crippen MR) is 133 cm³/mol. The zero-order valence-electron chi connectivity index (χ0n) is 19.6. The van der Waals surface area contributed by atoms with Gasteiger partial charge in [-0.2, -0.15) is 4.31 Å². The minimum Gasteiger partial charge on any atom is -0.495 e. The monoisotopic (exact) mass is 493 g/mol. The number of anilines is 2. The third kappa shape index (κ3) is 5.62. The molecule has 0 radical (unpaired) electrons. The maximum atomic E-state index is 13.5. The number of rotatable bonds is 8. The first-order valence-corrected chi connectivity index (χ1v) is 13.1. The second kappa shape index (κ2) is 10.8. The number of hydrogen-bond acceptors (Lipinski definition) is 5. The van der Waals surface area contributed by atoms with E-state index in [4.69, 9.17) is 16.3 Å². The number of halogens is 1. The van der Waals surface area contributed by atoms with E-state index >= 15 is 0 Å². The van der Waals surface area contributed by atoms with Gasteiger partial charge in [-0.15, -0.1) is 0 Å². The van der Waals surface area contributed by atoms with Crippen LogP contribution in [0.3, 0.4) is 0 Å². The normalized spacial score (nSPS) is 15.0. The van der Waals surface area contributed by atoms with Crippen LogP contribution in [0.4, 0.5) is 11.4 Å². The molecular weight excluding hydrogens is 462 g/mol. The first kappa shape index (κ1) is 25.3. The number of amides is 1. The Balaban J connectivity index is 2.05. The van der Waals surface area contributed by atoms with Gasteiger partial charge in [-0.05, 0) is 55.2 Å². The summed E-state index contributed by atoms with van der Waals surface area (Å²) in [5.74, 6) is 0.672. The average Bonchev–Trinajstić information content (AvgIpc) is 2.80. The summed E-state index contributed by atoms with van der Waals surface area (Å²) < 4.78 is 33.0. The lowest BCUT2D eigenvalue weighted by Gasteiger charge is -2.33. The fourth-order valence-electron chi connectivity index (χ4n) is 4.06. The molecule has 1 aliphatic heterocycles. The highest BCUT2D eigenvalue weighted by Gasteiger charge is 2.27. The van der Waals surface area contributed by atoms with Gasteiger partial charge < -0.3 is 15.0 Å². The number of hydrogen-bond donors (Lipinski definition) is 1. The number of nitrogens with zero attached hydrogens (tertiary/aromatic N) is 2. The number of carbonyl (C=O) groups is 1. The SMILES string of the molecule is CCN(CC)S(=O)(=O)c1ccc(N2CCC(C)CC2)c(C(=O)Nc2cc(Cl)ccc2OC)c1. The van der Waals surface area contributed by atoms with E-state index in [1.807, 2.05) is 0 Å². The molecule has 1 heterocycles. The molecule has 0 unspecified atom stereocenters. The Morgan fingerprint density at radius 2 is 1.82 bits per heavy atom. The molecule has 0 saturated carbocycles. The molecule has 1 fully saturated rings. The maximum Gasteiger partial charge on any atom is 0.257 e. The number of nitrogens with one attached hydrogen (secondary N) is 1. The lowest BCUT2D eigenvalue weighted by atomic mass is 9.98. The lowest BCUT2D eigenvalue weighted by molar-refractivity contribution is 0.102. The third-order valence-corrected chi connectivity index (χ3v) is 8.37. The molecule has 3 rings (SSSR count). The summed E-state index contributed by atoms with van der Waals surface area (Å²) in [7, 11) is -2.21. The van der Waals surface area contributed by atoms with Gasteiger partial charge in [0.1, 0.15) is 5.75 Å². The van der Waals surface area contributed by atoms with Crippen molar-refractivity contribution in [2.45, 2.75) is 38.5 Å². The predicted octanol–water partition coefficient (Wildman–Crippen LogP) is 4.87. The van der Waals surface area contributed by atoms with E-state index in [9.17, 15) is 13.2 Å². The van der Waals surface area contributed by atoms with Gasteiger partial charge in [-0.3, -0.25) is 4.79 Å². The lowest BCUT2D eigenvalue weighted by Crippen LogP contribution is -2.35. The van der Waals surface area contributed by atoms with Crippen LogP contribution in [0.5, 0.6) is 5.75 Å². The first-order valence-electron chi connectivity index (χ1n) is 11.2. The van der Waals surface area contributed by atoms with E-state index in [1.54, 1.807) is 44.2 Å². The summed E-state index contributed by atoms with van der Waals surface area (Å²) in [5, 5.41) is 3.31. The van der Waals surface area contributed by atoms with Gasteiger partial charge in [0.05, 0.1) is 23.3 Å². The zero-order chi connectivity index (χ0) is 24.2. The largest absolute Gasteiger partial charge is 0.495 e. The molecule has 0 bridgehead atoms. The van der Waals surface area contributed by atoms with Gasteiger partial charge in [-0.25, -0.2) is 8.42 Å². The van der Waals surface area contributed by atoms with Gasteiger partial charge in [0.25, 0.3) is 5.91 Å². The summed E-state index contributed by atoms with van der Waals surface area (Å²) in [6, 6.07) is 9.78. The Labute approximate surface area is 201 Å². The minimum absolute atomic E-state index is 0.100. The summed E-state index contributed by atoms with van der Waals surface area (Å²) >= 11 is 6.12. The second-order valence-electron chi connectivity index (χ2n) is 8.24. The van der Waals surface area contributed by atoms with Gasteiger partial charge in [-0.1, -0.05) is 32.4 Å². The van der Waals surface area contributed by atoms with Crippen LogP contribution in [0.1, 0.15) is 44.0 Å². The molecule has 180 valence electrons. The molecule has 1 N–H and O–H groups in total. The van der Waals surface area contributed by atoms with Crippen LogP contribution in [0.25, 0.3) is 0 Å². The molecule has 1 amide bonds. The first-order chi connectivity index (χ1) is 15.7. The summed E-state index contributed by atoms with van der Waals surface area (Å²) in [6.45, 7) is 8.13. The molecule has 7 nitrogen and oxygen atoms in total. The van der Waals surface area contributed by atoms with Crippen molar-refractivity contribution in [1.82, 2.24) is 4.31 Å². The van der Waals surface area contributed by atoms with Crippen molar-refractivity contribution in [3.05, 3.63) is 47.0 Å². The minimum atomic E-state index is -3.72. The van der Waals surface area contributed by atoms with Crippen LogP contribution in [0.2, 0.25) is 5.02 Å². The Hall–Kier alpha value is -2.29. The number of sulfonamides is 1. The highest BCUT2D eigenvalue weighted by atomic mass is 35.5. The fraction of sp³-hybridized carbons (Fsp3) is 0.458. The molecular formula is C24H32ClN3O4S. The van der Waals surface area contributed by atoms with Crippen LogP contribution in [0, 0.1) is 5.92 Å². The van der Waals surface area contributed by atoms with E-state index in [0.29, 0.717) is 41.0 Å². The number of ether oxygens (including phenoxy) is 1. The molecule has 0 spiro atoms. The van der Waals surface area contributed by atoms with Crippen LogP contribution in [0.15, 0.2) is 41.3 Å².